The third-order valence-electron chi connectivity index (χ3n) is 4.70. The molecule has 0 bridgehead atoms. The Balaban J connectivity index is 2.03. The third-order valence-corrected chi connectivity index (χ3v) is 4.70. The summed E-state index contributed by atoms with van der Waals surface area (Å²) in [6, 6.07) is 8.65. The molecule has 2 aliphatic carbocycles. The van der Waals surface area contributed by atoms with Crippen LogP contribution in [0.25, 0.3) is 22.9 Å². The molecule has 2 aliphatic rings. The van der Waals surface area contributed by atoms with E-state index >= 15 is 0 Å². The quantitative estimate of drug-likeness (QED) is 0.587. The highest BCUT2D eigenvalue weighted by atomic mass is 16.1. The second kappa shape index (κ2) is 4.07. The standard InChI is InChI=1S/C20H20O/c1-20(2,3)15-10-14-7-4-12-8-9-16(17(11-15)18(12)14)19(21)13-5-6-13/h4,7-11,13H,5-6H2,1-3H3. The molecule has 2 aromatic rings. The molecular formula is C20H20O. The molecule has 0 aromatic heterocycles. The van der Waals surface area contributed by atoms with Crippen LogP contribution in [0.1, 0.15) is 60.7 Å². The minimum atomic E-state index is 0.0943. The Kier molecular flexibility index (Phi) is 2.48. The fourth-order valence-corrected chi connectivity index (χ4v) is 3.21. The molecule has 1 heteroatoms. The van der Waals surface area contributed by atoms with Crippen molar-refractivity contribution < 1.29 is 4.79 Å². The summed E-state index contributed by atoms with van der Waals surface area (Å²) in [5, 5.41) is 2.41. The predicted octanol–water partition coefficient (Wildman–Crippen LogP) is 5.21. The lowest BCUT2D eigenvalue weighted by molar-refractivity contribution is 0.0969. The van der Waals surface area contributed by atoms with Gasteiger partial charge in [0.2, 0.25) is 0 Å². The predicted molar refractivity (Wildman–Crippen MR) is 88.6 cm³/mol. The number of hydrogen-bond acceptors (Lipinski definition) is 1. The Morgan fingerprint density at radius 1 is 1.05 bits per heavy atom. The van der Waals surface area contributed by atoms with Crippen LogP contribution < -0.4 is 0 Å². The lowest BCUT2D eigenvalue weighted by atomic mass is 9.83. The van der Waals surface area contributed by atoms with Crippen molar-refractivity contribution >= 4 is 28.7 Å². The Labute approximate surface area is 125 Å². The molecule has 0 N–H and O–H groups in total. The zero-order valence-corrected chi connectivity index (χ0v) is 12.9. The van der Waals surface area contributed by atoms with E-state index in [0.717, 1.165) is 23.8 Å². The monoisotopic (exact) mass is 276 g/mol. The molecule has 0 spiro atoms. The molecule has 1 nitrogen and oxygen atoms in total. The molecule has 0 amide bonds. The van der Waals surface area contributed by atoms with Gasteiger partial charge in [-0.25, -0.2) is 0 Å². The van der Waals surface area contributed by atoms with Gasteiger partial charge in [0.25, 0.3) is 0 Å². The molecule has 0 unspecified atom stereocenters. The average molecular weight is 276 g/mol. The van der Waals surface area contributed by atoms with Crippen LogP contribution in [0.2, 0.25) is 0 Å². The van der Waals surface area contributed by atoms with Gasteiger partial charge in [0.1, 0.15) is 0 Å². The number of carbonyl (C=O) groups is 1. The fraction of sp³-hybridized carbons (Fsp3) is 0.350. The summed E-state index contributed by atoms with van der Waals surface area (Å²) in [5.41, 5.74) is 4.83. The zero-order valence-electron chi connectivity index (χ0n) is 12.9. The van der Waals surface area contributed by atoms with Crippen LogP contribution in [-0.2, 0) is 5.41 Å². The number of rotatable bonds is 2. The summed E-state index contributed by atoms with van der Waals surface area (Å²) >= 11 is 0. The smallest absolute Gasteiger partial charge is 0.166 e. The van der Waals surface area contributed by atoms with Crippen LogP contribution in [0.4, 0.5) is 0 Å². The summed E-state index contributed by atoms with van der Waals surface area (Å²) in [4.78, 5) is 12.6. The van der Waals surface area contributed by atoms with Crippen LogP contribution in [0, 0.1) is 5.92 Å². The first kappa shape index (κ1) is 12.8. The Morgan fingerprint density at radius 2 is 1.76 bits per heavy atom. The molecule has 0 heterocycles. The maximum atomic E-state index is 12.6. The van der Waals surface area contributed by atoms with Crippen molar-refractivity contribution in [2.24, 2.45) is 5.92 Å². The first-order chi connectivity index (χ1) is 9.95. The van der Waals surface area contributed by atoms with E-state index in [-0.39, 0.29) is 11.3 Å². The van der Waals surface area contributed by atoms with Crippen LogP contribution >= 0.6 is 0 Å². The summed E-state index contributed by atoms with van der Waals surface area (Å²) in [6.45, 7) is 6.68. The molecule has 0 saturated heterocycles. The van der Waals surface area contributed by atoms with E-state index < -0.39 is 0 Å². The number of ketones is 1. The third kappa shape index (κ3) is 1.95. The molecule has 21 heavy (non-hydrogen) atoms. The van der Waals surface area contributed by atoms with Gasteiger partial charge in [-0.1, -0.05) is 51.1 Å². The molecule has 1 saturated carbocycles. The number of hydrogen-bond donors (Lipinski definition) is 0. The SMILES string of the molecule is CC(C)(C)c1cc2c3c(ccc(C(=O)C4CC4)c3c1)C=C2. The molecule has 4 rings (SSSR count). The molecule has 0 atom stereocenters. The van der Waals surface area contributed by atoms with Crippen LogP contribution in [0.15, 0.2) is 24.3 Å². The molecule has 106 valence electrons. The number of benzene rings is 2. The zero-order chi connectivity index (χ0) is 14.8. The van der Waals surface area contributed by atoms with Gasteiger partial charge in [0.15, 0.2) is 5.78 Å². The Hall–Kier alpha value is -1.89. The van der Waals surface area contributed by atoms with Crippen LogP contribution in [0.3, 0.4) is 0 Å². The van der Waals surface area contributed by atoms with Gasteiger partial charge in [0, 0.05) is 11.5 Å². The topological polar surface area (TPSA) is 17.1 Å². The molecule has 0 radical (unpaired) electrons. The molecule has 0 aliphatic heterocycles. The normalized spacial score (nSPS) is 16.7. The second-order valence-electron chi connectivity index (χ2n) is 7.41. The fourth-order valence-electron chi connectivity index (χ4n) is 3.21. The lowest BCUT2D eigenvalue weighted by Crippen LogP contribution is -2.12. The summed E-state index contributed by atoms with van der Waals surface area (Å²) in [6.07, 6.45) is 6.46. The first-order valence-corrected chi connectivity index (χ1v) is 7.79. The van der Waals surface area contributed by atoms with Gasteiger partial charge in [-0.05, 0) is 51.8 Å². The van der Waals surface area contributed by atoms with E-state index in [1.807, 2.05) is 6.07 Å². The van der Waals surface area contributed by atoms with Gasteiger partial charge < -0.3 is 0 Å². The maximum absolute atomic E-state index is 12.6. The largest absolute Gasteiger partial charge is 0.294 e. The highest BCUT2D eigenvalue weighted by Crippen LogP contribution is 2.40. The molecular weight excluding hydrogens is 256 g/mol. The van der Waals surface area contributed by atoms with Gasteiger partial charge in [-0.3, -0.25) is 4.79 Å². The summed E-state index contributed by atoms with van der Waals surface area (Å²) in [7, 11) is 0. The van der Waals surface area contributed by atoms with Gasteiger partial charge >= 0.3 is 0 Å². The van der Waals surface area contributed by atoms with Crippen molar-refractivity contribution in [1.82, 2.24) is 0 Å². The van der Waals surface area contributed by atoms with Crippen LogP contribution in [-0.4, -0.2) is 5.78 Å². The number of carbonyl (C=O) groups excluding carboxylic acids is 1. The van der Waals surface area contributed by atoms with Gasteiger partial charge in [0.05, 0.1) is 0 Å². The van der Waals surface area contributed by atoms with E-state index in [1.165, 1.54) is 22.1 Å². The molecule has 1 fully saturated rings. The van der Waals surface area contributed by atoms with Gasteiger partial charge in [-0.15, -0.1) is 0 Å². The van der Waals surface area contributed by atoms with Crippen molar-refractivity contribution in [2.75, 3.05) is 0 Å². The van der Waals surface area contributed by atoms with E-state index in [0.29, 0.717) is 5.78 Å². The highest BCUT2D eigenvalue weighted by molar-refractivity contribution is 6.15. The van der Waals surface area contributed by atoms with Crippen molar-refractivity contribution in [2.45, 2.75) is 39.0 Å². The second-order valence-corrected chi connectivity index (χ2v) is 7.41. The van der Waals surface area contributed by atoms with E-state index in [1.54, 1.807) is 0 Å². The minimum Gasteiger partial charge on any atom is -0.294 e. The Morgan fingerprint density at radius 3 is 2.43 bits per heavy atom. The number of Topliss-reactive ketones (excluding diaryl/α,β-unsaturated/α-hetero) is 1. The van der Waals surface area contributed by atoms with E-state index in [4.69, 9.17) is 0 Å². The Bertz CT molecular complexity index is 799. The summed E-state index contributed by atoms with van der Waals surface area (Å²) < 4.78 is 0. The van der Waals surface area contributed by atoms with Crippen molar-refractivity contribution in [3.05, 3.63) is 46.5 Å². The lowest BCUT2D eigenvalue weighted by Gasteiger charge is -2.21. The van der Waals surface area contributed by atoms with Crippen molar-refractivity contribution in [1.29, 1.82) is 0 Å². The summed E-state index contributed by atoms with van der Waals surface area (Å²) in [5.74, 6) is 0.611. The van der Waals surface area contributed by atoms with Crippen molar-refractivity contribution in [3.8, 4) is 0 Å². The van der Waals surface area contributed by atoms with Gasteiger partial charge in [-0.2, -0.15) is 0 Å². The first-order valence-electron chi connectivity index (χ1n) is 7.79. The van der Waals surface area contributed by atoms with Crippen LogP contribution in [0.5, 0.6) is 0 Å². The molecule has 2 aromatic carbocycles. The van der Waals surface area contributed by atoms with E-state index in [2.05, 4.69) is 51.1 Å². The van der Waals surface area contributed by atoms with Crippen molar-refractivity contribution in [3.63, 3.8) is 0 Å². The highest BCUT2D eigenvalue weighted by Gasteiger charge is 2.32. The minimum absolute atomic E-state index is 0.0943. The maximum Gasteiger partial charge on any atom is 0.166 e. The average Bonchev–Trinajstić information content (AvgIpc) is 3.20. The van der Waals surface area contributed by atoms with E-state index in [9.17, 15) is 4.79 Å².